The Labute approximate surface area is 186 Å². The molecule has 0 bridgehead atoms. The fourth-order valence-corrected chi connectivity index (χ4v) is 4.87. The molecule has 0 saturated carbocycles. The van der Waals surface area contributed by atoms with Gasteiger partial charge in [0.05, 0.1) is 10.6 Å². The van der Waals surface area contributed by atoms with Crippen LogP contribution >= 0.6 is 11.3 Å². The van der Waals surface area contributed by atoms with Crippen LogP contribution in [0.1, 0.15) is 17.3 Å². The monoisotopic (exact) mass is 468 g/mol. The van der Waals surface area contributed by atoms with Gasteiger partial charge in [-0.3, -0.25) is 18.8 Å². The van der Waals surface area contributed by atoms with Crippen LogP contribution in [0.4, 0.5) is 5.69 Å². The number of fused-ring (bicyclic) bond motifs is 1. The number of thiazole rings is 1. The maximum absolute atomic E-state index is 13.1. The molecule has 32 heavy (non-hydrogen) atoms. The van der Waals surface area contributed by atoms with Crippen molar-refractivity contribution in [3.63, 3.8) is 0 Å². The summed E-state index contributed by atoms with van der Waals surface area (Å²) in [7, 11) is -3.99. The van der Waals surface area contributed by atoms with Gasteiger partial charge in [0.1, 0.15) is 5.56 Å². The first kappa shape index (κ1) is 21.4. The number of nitrogens with one attached hydrogen (secondary N) is 2. The maximum atomic E-state index is 13.1. The van der Waals surface area contributed by atoms with E-state index in [0.717, 1.165) is 12.5 Å². The summed E-state index contributed by atoms with van der Waals surface area (Å²) in [6.07, 6.45) is 1.22. The highest BCUT2D eigenvalue weighted by Gasteiger charge is 2.18. The first-order valence-corrected chi connectivity index (χ1v) is 11.6. The largest absolute Gasteiger partial charge is 0.322 e. The van der Waals surface area contributed by atoms with Gasteiger partial charge in [0.25, 0.3) is 21.5 Å². The van der Waals surface area contributed by atoms with E-state index < -0.39 is 27.4 Å². The zero-order valence-corrected chi connectivity index (χ0v) is 18.2. The second-order valence-corrected chi connectivity index (χ2v) is 9.24. The van der Waals surface area contributed by atoms with Gasteiger partial charge in [-0.2, -0.15) is 0 Å². The lowest BCUT2D eigenvalue weighted by Gasteiger charge is -2.08. The summed E-state index contributed by atoms with van der Waals surface area (Å²) in [4.78, 5) is 41.4. The summed E-state index contributed by atoms with van der Waals surface area (Å²) in [6.45, 7) is 1.09. The standard InChI is InChI=1S/C21H16N4O5S2/c1-13(26)24-32(29,30)16-9-7-15(8-10-16)23-19(27)17-11-22-21-25(20(17)28)18(12-31-21)14-5-3-2-4-6-14/h2-12H,1H3,(H,23,27)(H,24,26). The number of nitrogens with zero attached hydrogens (tertiary/aromatic N) is 2. The number of anilines is 1. The lowest BCUT2D eigenvalue weighted by atomic mass is 10.2. The van der Waals surface area contributed by atoms with E-state index in [2.05, 4.69) is 10.3 Å². The molecule has 2 aromatic heterocycles. The Hall–Kier alpha value is -3.83. The van der Waals surface area contributed by atoms with Crippen LogP contribution in [-0.4, -0.2) is 29.6 Å². The molecule has 0 fully saturated rings. The third-order valence-electron chi connectivity index (χ3n) is 4.46. The predicted octanol–water partition coefficient (Wildman–Crippen LogP) is 2.50. The SMILES string of the molecule is CC(=O)NS(=O)(=O)c1ccc(NC(=O)c2cnc3scc(-c4ccccc4)n3c2=O)cc1. The molecule has 162 valence electrons. The van der Waals surface area contributed by atoms with Crippen LogP contribution in [0.5, 0.6) is 0 Å². The van der Waals surface area contributed by atoms with Gasteiger partial charge >= 0.3 is 0 Å². The molecule has 0 radical (unpaired) electrons. The minimum absolute atomic E-state index is 0.139. The molecule has 11 heteroatoms. The fraction of sp³-hybridized carbons (Fsp3) is 0.0476. The number of hydrogen-bond donors (Lipinski definition) is 2. The van der Waals surface area contributed by atoms with Gasteiger partial charge in [0.15, 0.2) is 4.96 Å². The molecule has 4 aromatic rings. The molecule has 0 unspecified atom stereocenters. The summed E-state index contributed by atoms with van der Waals surface area (Å²) in [5.41, 5.74) is 1.04. The molecule has 0 aliphatic rings. The molecule has 0 spiro atoms. The van der Waals surface area contributed by atoms with Gasteiger partial charge in [0.2, 0.25) is 5.91 Å². The quantitative estimate of drug-likeness (QED) is 0.463. The third kappa shape index (κ3) is 4.15. The van der Waals surface area contributed by atoms with Gasteiger partial charge in [-0.1, -0.05) is 30.3 Å². The molecule has 0 aliphatic carbocycles. The van der Waals surface area contributed by atoms with Crippen LogP contribution in [0.2, 0.25) is 0 Å². The number of aromatic nitrogens is 2. The van der Waals surface area contributed by atoms with Gasteiger partial charge in [-0.15, -0.1) is 11.3 Å². The highest BCUT2D eigenvalue weighted by molar-refractivity contribution is 7.90. The number of sulfonamides is 1. The zero-order valence-electron chi connectivity index (χ0n) is 16.6. The Morgan fingerprint density at radius 2 is 1.72 bits per heavy atom. The van der Waals surface area contributed by atoms with Crippen molar-refractivity contribution in [1.29, 1.82) is 0 Å². The molecule has 2 amide bonds. The van der Waals surface area contributed by atoms with Crippen LogP contribution in [0.3, 0.4) is 0 Å². The van der Waals surface area contributed by atoms with Crippen LogP contribution in [-0.2, 0) is 14.8 Å². The van der Waals surface area contributed by atoms with E-state index in [1.165, 1.54) is 46.2 Å². The molecular weight excluding hydrogens is 452 g/mol. The van der Waals surface area contributed by atoms with Crippen molar-refractivity contribution < 1.29 is 18.0 Å². The van der Waals surface area contributed by atoms with Crippen molar-refractivity contribution in [3.05, 3.63) is 82.1 Å². The van der Waals surface area contributed by atoms with Gasteiger partial charge in [-0.05, 0) is 29.8 Å². The number of amides is 2. The Kier molecular flexibility index (Phi) is 5.59. The van der Waals surface area contributed by atoms with E-state index in [0.29, 0.717) is 10.7 Å². The van der Waals surface area contributed by atoms with E-state index in [9.17, 15) is 22.8 Å². The number of rotatable bonds is 5. The minimum Gasteiger partial charge on any atom is -0.322 e. The van der Waals surface area contributed by atoms with Gasteiger partial charge in [0, 0.05) is 24.2 Å². The average molecular weight is 469 g/mol. The molecule has 2 aromatic carbocycles. The van der Waals surface area contributed by atoms with Crippen LogP contribution < -0.4 is 15.6 Å². The Balaban J connectivity index is 1.63. The second-order valence-electron chi connectivity index (χ2n) is 6.72. The Morgan fingerprint density at radius 1 is 1.03 bits per heavy atom. The van der Waals surface area contributed by atoms with E-state index >= 15 is 0 Å². The van der Waals surface area contributed by atoms with E-state index in [-0.39, 0.29) is 16.1 Å². The van der Waals surface area contributed by atoms with Crippen LogP contribution in [0.15, 0.2) is 75.9 Å². The zero-order chi connectivity index (χ0) is 22.9. The number of carbonyl (C=O) groups excluding carboxylic acids is 2. The van der Waals surface area contributed by atoms with Crippen molar-refractivity contribution in [2.75, 3.05) is 5.32 Å². The van der Waals surface area contributed by atoms with E-state index in [1.807, 2.05) is 35.1 Å². The first-order valence-electron chi connectivity index (χ1n) is 9.26. The fourth-order valence-electron chi connectivity index (χ4n) is 3.02. The molecule has 0 atom stereocenters. The summed E-state index contributed by atoms with van der Waals surface area (Å²) in [5, 5.41) is 4.36. The van der Waals surface area contributed by atoms with Crippen molar-refractivity contribution in [2.24, 2.45) is 0 Å². The van der Waals surface area contributed by atoms with Crippen LogP contribution in [0, 0.1) is 0 Å². The van der Waals surface area contributed by atoms with E-state index in [4.69, 9.17) is 0 Å². The number of hydrogen-bond acceptors (Lipinski definition) is 7. The van der Waals surface area contributed by atoms with Crippen molar-refractivity contribution in [3.8, 4) is 11.3 Å². The molecule has 4 rings (SSSR count). The highest BCUT2D eigenvalue weighted by atomic mass is 32.2. The molecule has 0 aliphatic heterocycles. The molecular formula is C21H16N4O5S2. The van der Waals surface area contributed by atoms with Crippen molar-refractivity contribution in [1.82, 2.24) is 14.1 Å². The molecule has 0 saturated heterocycles. The highest BCUT2D eigenvalue weighted by Crippen LogP contribution is 2.23. The first-order chi connectivity index (χ1) is 15.3. The lowest BCUT2D eigenvalue weighted by molar-refractivity contribution is -0.117. The van der Waals surface area contributed by atoms with Gasteiger partial charge < -0.3 is 5.32 Å². The molecule has 2 N–H and O–H groups in total. The second kappa shape index (κ2) is 8.36. The molecule has 9 nitrogen and oxygen atoms in total. The van der Waals surface area contributed by atoms with Crippen molar-refractivity contribution in [2.45, 2.75) is 11.8 Å². The maximum Gasteiger partial charge on any atom is 0.271 e. The Bertz CT molecular complexity index is 1490. The number of benzene rings is 2. The van der Waals surface area contributed by atoms with E-state index in [1.54, 1.807) is 5.38 Å². The topological polar surface area (TPSA) is 127 Å². The minimum atomic E-state index is -3.99. The normalized spacial score (nSPS) is 11.3. The summed E-state index contributed by atoms with van der Waals surface area (Å²) in [5.74, 6) is -1.39. The average Bonchev–Trinajstić information content (AvgIpc) is 3.19. The number of carbonyl (C=O) groups is 2. The predicted molar refractivity (Wildman–Crippen MR) is 120 cm³/mol. The summed E-state index contributed by atoms with van der Waals surface area (Å²) >= 11 is 1.29. The van der Waals surface area contributed by atoms with Crippen LogP contribution in [0.25, 0.3) is 16.2 Å². The Morgan fingerprint density at radius 3 is 2.38 bits per heavy atom. The lowest BCUT2D eigenvalue weighted by Crippen LogP contribution is -2.28. The summed E-state index contributed by atoms with van der Waals surface area (Å²) in [6, 6.07) is 14.5. The molecule has 2 heterocycles. The third-order valence-corrected chi connectivity index (χ3v) is 6.75. The smallest absolute Gasteiger partial charge is 0.271 e. The van der Waals surface area contributed by atoms with Gasteiger partial charge in [-0.25, -0.2) is 18.1 Å². The summed E-state index contributed by atoms with van der Waals surface area (Å²) < 4.78 is 27.3. The van der Waals surface area contributed by atoms with Crippen molar-refractivity contribution >= 4 is 43.8 Å².